The molecule has 0 unspecified atom stereocenters. The van der Waals surface area contributed by atoms with Crippen LogP contribution in [0.1, 0.15) is 11.4 Å². The third-order valence-corrected chi connectivity index (χ3v) is 1.79. The lowest BCUT2D eigenvalue weighted by Crippen LogP contribution is -2.02. The Balaban J connectivity index is 2.70. The van der Waals surface area contributed by atoms with Crippen molar-refractivity contribution in [3.8, 4) is 6.07 Å². The topological polar surface area (TPSA) is 80.0 Å². The van der Waals surface area contributed by atoms with Crippen molar-refractivity contribution >= 4 is 5.65 Å². The van der Waals surface area contributed by atoms with E-state index in [2.05, 4.69) is 10.2 Å². The summed E-state index contributed by atoms with van der Waals surface area (Å²) in [6.07, 6.45) is 1.75. The monoisotopic (exact) mass is 173 g/mol. The molecule has 0 aliphatic rings. The highest BCUT2D eigenvalue weighted by Crippen LogP contribution is 2.05. The Kier molecular flexibility index (Phi) is 1.69. The second-order valence-corrected chi connectivity index (χ2v) is 2.58. The lowest BCUT2D eigenvalue weighted by atomic mass is 10.3. The third-order valence-electron chi connectivity index (χ3n) is 1.79. The molecule has 0 fully saturated rings. The molecule has 64 valence electrons. The minimum absolute atomic E-state index is 0.340. The van der Waals surface area contributed by atoms with E-state index in [1.54, 1.807) is 22.7 Å². The first-order chi connectivity index (χ1) is 6.35. The summed E-state index contributed by atoms with van der Waals surface area (Å²) in [6, 6.07) is 5.41. The standard InChI is InChI=1S/C8H7N5/c9-4-6-1-2-13-7(3-6)11-12-8(13)5-10/h1-3H,5,10H2. The highest BCUT2D eigenvalue weighted by molar-refractivity contribution is 5.45. The second kappa shape index (κ2) is 2.84. The Morgan fingerprint density at radius 1 is 1.54 bits per heavy atom. The van der Waals surface area contributed by atoms with Crippen molar-refractivity contribution in [1.29, 1.82) is 5.26 Å². The van der Waals surface area contributed by atoms with E-state index in [0.717, 1.165) is 0 Å². The fraction of sp³-hybridized carbons (Fsp3) is 0.125. The molecule has 0 amide bonds. The van der Waals surface area contributed by atoms with E-state index in [9.17, 15) is 0 Å². The maximum Gasteiger partial charge on any atom is 0.162 e. The molecule has 2 N–H and O–H groups in total. The number of hydrogen-bond acceptors (Lipinski definition) is 4. The lowest BCUT2D eigenvalue weighted by Gasteiger charge is -1.94. The van der Waals surface area contributed by atoms with Crippen LogP contribution in [0.5, 0.6) is 0 Å². The molecule has 2 rings (SSSR count). The van der Waals surface area contributed by atoms with Gasteiger partial charge >= 0.3 is 0 Å². The molecule has 0 saturated carbocycles. The first kappa shape index (κ1) is 7.71. The second-order valence-electron chi connectivity index (χ2n) is 2.58. The zero-order valence-corrected chi connectivity index (χ0v) is 6.81. The average Bonchev–Trinajstić information content (AvgIpc) is 2.59. The number of aromatic nitrogens is 3. The summed E-state index contributed by atoms with van der Waals surface area (Å²) >= 11 is 0. The predicted molar refractivity (Wildman–Crippen MR) is 45.6 cm³/mol. The summed E-state index contributed by atoms with van der Waals surface area (Å²) in [4.78, 5) is 0. The smallest absolute Gasteiger partial charge is 0.162 e. The normalized spacial score (nSPS) is 10.2. The van der Waals surface area contributed by atoms with Crippen LogP contribution in [0.3, 0.4) is 0 Å². The van der Waals surface area contributed by atoms with Crippen molar-refractivity contribution in [2.75, 3.05) is 0 Å². The summed E-state index contributed by atoms with van der Waals surface area (Å²) in [5, 5.41) is 16.4. The van der Waals surface area contributed by atoms with Crippen LogP contribution in [0.25, 0.3) is 5.65 Å². The summed E-state index contributed by atoms with van der Waals surface area (Å²) in [5.74, 6) is 0.694. The number of hydrogen-bond donors (Lipinski definition) is 1. The van der Waals surface area contributed by atoms with Crippen molar-refractivity contribution in [2.45, 2.75) is 6.54 Å². The number of nitriles is 1. The van der Waals surface area contributed by atoms with Gasteiger partial charge in [0.1, 0.15) is 0 Å². The van der Waals surface area contributed by atoms with Crippen LogP contribution in [0.15, 0.2) is 18.3 Å². The molecule has 0 spiro atoms. The van der Waals surface area contributed by atoms with Gasteiger partial charge in [0.25, 0.3) is 0 Å². The Bertz CT molecular complexity index is 479. The van der Waals surface area contributed by atoms with Gasteiger partial charge in [0.15, 0.2) is 11.5 Å². The molecule has 5 nitrogen and oxygen atoms in total. The highest BCUT2D eigenvalue weighted by Gasteiger charge is 2.02. The zero-order valence-electron chi connectivity index (χ0n) is 6.81. The van der Waals surface area contributed by atoms with Gasteiger partial charge in [-0.2, -0.15) is 5.26 Å². The summed E-state index contributed by atoms with van der Waals surface area (Å²) in [6.45, 7) is 0.340. The molecule has 2 aromatic rings. The van der Waals surface area contributed by atoms with Crippen LogP contribution in [-0.4, -0.2) is 14.6 Å². The fourth-order valence-electron chi connectivity index (χ4n) is 1.15. The minimum Gasteiger partial charge on any atom is -0.324 e. The van der Waals surface area contributed by atoms with Crippen molar-refractivity contribution in [3.63, 3.8) is 0 Å². The molecule has 2 aromatic heterocycles. The third kappa shape index (κ3) is 1.13. The molecule has 5 heteroatoms. The van der Waals surface area contributed by atoms with Crippen molar-refractivity contribution in [1.82, 2.24) is 14.6 Å². The Labute approximate surface area is 74.4 Å². The van der Waals surface area contributed by atoms with Crippen LogP contribution < -0.4 is 5.73 Å². The van der Waals surface area contributed by atoms with E-state index < -0.39 is 0 Å². The van der Waals surface area contributed by atoms with Crippen LogP contribution >= 0.6 is 0 Å². The maximum absolute atomic E-state index is 8.63. The highest BCUT2D eigenvalue weighted by atomic mass is 15.2. The molecule has 0 bridgehead atoms. The lowest BCUT2D eigenvalue weighted by molar-refractivity contribution is 0.882. The number of pyridine rings is 1. The molecule has 0 atom stereocenters. The van der Waals surface area contributed by atoms with Gasteiger partial charge in [-0.3, -0.25) is 4.40 Å². The number of fused-ring (bicyclic) bond motifs is 1. The van der Waals surface area contributed by atoms with Crippen LogP contribution in [0, 0.1) is 11.3 Å². The van der Waals surface area contributed by atoms with Crippen LogP contribution in [-0.2, 0) is 6.54 Å². The van der Waals surface area contributed by atoms with E-state index in [1.807, 2.05) is 6.07 Å². The molecule has 0 radical (unpaired) electrons. The molecule has 0 saturated heterocycles. The van der Waals surface area contributed by atoms with Gasteiger partial charge < -0.3 is 5.73 Å². The van der Waals surface area contributed by atoms with Crippen LogP contribution in [0.2, 0.25) is 0 Å². The zero-order chi connectivity index (χ0) is 9.26. The Hall–Kier alpha value is -1.93. The quantitative estimate of drug-likeness (QED) is 0.661. The fourth-order valence-corrected chi connectivity index (χ4v) is 1.15. The molecule has 13 heavy (non-hydrogen) atoms. The molecule has 0 aromatic carbocycles. The van der Waals surface area contributed by atoms with Gasteiger partial charge in [0.05, 0.1) is 18.2 Å². The van der Waals surface area contributed by atoms with Crippen molar-refractivity contribution in [3.05, 3.63) is 29.7 Å². The first-order valence-electron chi connectivity index (χ1n) is 3.79. The van der Waals surface area contributed by atoms with Crippen molar-refractivity contribution in [2.24, 2.45) is 5.73 Å². The molecule has 0 aliphatic heterocycles. The van der Waals surface area contributed by atoms with Crippen LogP contribution in [0.4, 0.5) is 0 Å². The van der Waals surface area contributed by atoms with Gasteiger partial charge in [-0.25, -0.2) is 0 Å². The van der Waals surface area contributed by atoms with E-state index in [4.69, 9.17) is 11.0 Å². The Morgan fingerprint density at radius 3 is 3.08 bits per heavy atom. The van der Waals surface area contributed by atoms with Gasteiger partial charge in [0, 0.05) is 12.3 Å². The maximum atomic E-state index is 8.63. The Morgan fingerprint density at radius 2 is 2.38 bits per heavy atom. The summed E-state index contributed by atoms with van der Waals surface area (Å²) in [7, 11) is 0. The minimum atomic E-state index is 0.340. The molecular formula is C8H7N5. The van der Waals surface area contributed by atoms with E-state index in [0.29, 0.717) is 23.6 Å². The van der Waals surface area contributed by atoms with E-state index in [1.165, 1.54) is 0 Å². The van der Waals surface area contributed by atoms with E-state index in [-0.39, 0.29) is 0 Å². The van der Waals surface area contributed by atoms with Gasteiger partial charge in [-0.1, -0.05) is 0 Å². The summed E-state index contributed by atoms with van der Waals surface area (Å²) in [5.41, 5.74) is 6.67. The largest absolute Gasteiger partial charge is 0.324 e. The molecular weight excluding hydrogens is 166 g/mol. The van der Waals surface area contributed by atoms with Gasteiger partial charge in [-0.15, -0.1) is 10.2 Å². The number of nitrogens with two attached hydrogens (primary N) is 1. The van der Waals surface area contributed by atoms with Gasteiger partial charge in [-0.05, 0) is 6.07 Å². The van der Waals surface area contributed by atoms with Gasteiger partial charge in [0.2, 0.25) is 0 Å². The first-order valence-corrected chi connectivity index (χ1v) is 3.79. The molecule has 0 aliphatic carbocycles. The summed E-state index contributed by atoms with van der Waals surface area (Å²) < 4.78 is 1.76. The van der Waals surface area contributed by atoms with E-state index >= 15 is 0 Å². The average molecular weight is 173 g/mol. The predicted octanol–water partition coefficient (Wildman–Crippen LogP) is 0.0597. The number of rotatable bonds is 1. The number of nitrogens with zero attached hydrogens (tertiary/aromatic N) is 4. The SMILES string of the molecule is N#Cc1ccn2c(CN)nnc2c1. The van der Waals surface area contributed by atoms with Crippen molar-refractivity contribution < 1.29 is 0 Å². The molecule has 2 heterocycles.